The molecule has 2 rings (SSSR count). The Labute approximate surface area is 298 Å². The minimum absolute atomic E-state index is 0.0576. The van der Waals surface area contributed by atoms with Gasteiger partial charge in [-0.1, -0.05) is 35.3 Å². The Morgan fingerprint density at radius 1 is 0.755 bits per heavy atom. The van der Waals surface area contributed by atoms with Gasteiger partial charge in [-0.3, -0.25) is 9.59 Å². The lowest BCUT2D eigenvalue weighted by molar-refractivity contribution is -0.119. The van der Waals surface area contributed by atoms with Gasteiger partial charge in [-0.05, 0) is 77.1 Å². The molecule has 0 unspecified atom stereocenters. The second-order valence-corrected chi connectivity index (χ2v) is 12.3. The predicted molar refractivity (Wildman–Crippen MR) is 190 cm³/mol. The van der Waals surface area contributed by atoms with E-state index in [1.807, 2.05) is 6.07 Å². The van der Waals surface area contributed by atoms with Crippen LogP contribution in [0, 0.1) is 0 Å². The largest absolute Gasteiger partial charge is 0.453 e. The van der Waals surface area contributed by atoms with E-state index < -0.39 is 23.9 Å². The SMILES string of the molecule is CNCC(=O)N(CCCNC(=O)OC)c1cccc(Cl)c1.COC(=O)NCCCN(C(=O)CN(C)C(=O)OC(C)(C)C)c1cccc(Cl)c1. The van der Waals surface area contributed by atoms with Crippen molar-refractivity contribution in [1.29, 1.82) is 0 Å². The average Bonchev–Trinajstić information content (AvgIpc) is 3.03. The minimum atomic E-state index is -0.652. The van der Waals surface area contributed by atoms with Crippen LogP contribution in [-0.2, 0) is 23.8 Å². The molecule has 272 valence electrons. The number of benzene rings is 2. The zero-order valence-electron chi connectivity index (χ0n) is 29.1. The average molecular weight is 728 g/mol. The molecule has 2 aromatic rings. The summed E-state index contributed by atoms with van der Waals surface area (Å²) in [6.45, 7) is 6.90. The summed E-state index contributed by atoms with van der Waals surface area (Å²) in [5.74, 6) is -0.355. The maximum Gasteiger partial charge on any atom is 0.410 e. The van der Waals surface area contributed by atoms with Crippen LogP contribution in [-0.4, -0.2) is 108 Å². The van der Waals surface area contributed by atoms with E-state index in [0.29, 0.717) is 54.8 Å². The van der Waals surface area contributed by atoms with Crippen LogP contribution < -0.4 is 25.8 Å². The second-order valence-electron chi connectivity index (χ2n) is 11.5. The van der Waals surface area contributed by atoms with Crippen molar-refractivity contribution in [2.75, 3.05) is 77.4 Å². The monoisotopic (exact) mass is 726 g/mol. The van der Waals surface area contributed by atoms with Crippen molar-refractivity contribution in [2.24, 2.45) is 0 Å². The Kier molecular flexibility index (Phi) is 19.5. The molecule has 49 heavy (non-hydrogen) atoms. The van der Waals surface area contributed by atoms with E-state index in [-0.39, 0.29) is 24.9 Å². The number of nitrogens with zero attached hydrogens (tertiary/aromatic N) is 3. The summed E-state index contributed by atoms with van der Waals surface area (Å²) in [6.07, 6.45) is -0.504. The molecule has 14 nitrogen and oxygen atoms in total. The van der Waals surface area contributed by atoms with Gasteiger partial charge in [0.15, 0.2) is 0 Å². The molecular weight excluding hydrogens is 679 g/mol. The first-order chi connectivity index (χ1) is 23.1. The highest BCUT2D eigenvalue weighted by molar-refractivity contribution is 6.31. The lowest BCUT2D eigenvalue weighted by Crippen LogP contribution is -2.44. The van der Waals surface area contributed by atoms with Gasteiger partial charge in [-0.2, -0.15) is 0 Å². The fourth-order valence-electron chi connectivity index (χ4n) is 4.02. The maximum absolute atomic E-state index is 12.8. The zero-order valence-corrected chi connectivity index (χ0v) is 30.7. The van der Waals surface area contributed by atoms with Crippen molar-refractivity contribution in [2.45, 2.75) is 39.2 Å². The summed E-state index contributed by atoms with van der Waals surface area (Å²) in [7, 11) is 5.81. The van der Waals surface area contributed by atoms with Gasteiger partial charge in [0.25, 0.3) is 0 Å². The van der Waals surface area contributed by atoms with Gasteiger partial charge in [-0.15, -0.1) is 0 Å². The Hall–Kier alpha value is -4.27. The van der Waals surface area contributed by atoms with E-state index >= 15 is 0 Å². The molecule has 0 aliphatic rings. The Morgan fingerprint density at radius 3 is 1.59 bits per heavy atom. The van der Waals surface area contributed by atoms with Crippen LogP contribution in [0.4, 0.5) is 25.8 Å². The number of rotatable bonds is 14. The normalized spacial score (nSPS) is 10.5. The third-order valence-electron chi connectivity index (χ3n) is 6.27. The highest BCUT2D eigenvalue weighted by Crippen LogP contribution is 2.21. The quantitative estimate of drug-likeness (QED) is 0.181. The molecule has 0 fully saturated rings. The van der Waals surface area contributed by atoms with Crippen LogP contribution in [0.3, 0.4) is 0 Å². The minimum Gasteiger partial charge on any atom is -0.453 e. The summed E-state index contributed by atoms with van der Waals surface area (Å²) < 4.78 is 14.3. The highest BCUT2D eigenvalue weighted by Gasteiger charge is 2.24. The third-order valence-corrected chi connectivity index (χ3v) is 6.74. The Balaban J connectivity index is 0.000000510. The number of alkyl carbamates (subject to hydrolysis) is 2. The van der Waals surface area contributed by atoms with E-state index in [1.165, 1.54) is 31.1 Å². The van der Waals surface area contributed by atoms with Crippen LogP contribution in [0.2, 0.25) is 10.0 Å². The number of amides is 5. The van der Waals surface area contributed by atoms with E-state index in [1.54, 1.807) is 75.2 Å². The van der Waals surface area contributed by atoms with Gasteiger partial charge >= 0.3 is 18.3 Å². The molecule has 0 aromatic heterocycles. The van der Waals surface area contributed by atoms with Crippen molar-refractivity contribution in [3.05, 3.63) is 58.6 Å². The highest BCUT2D eigenvalue weighted by atomic mass is 35.5. The van der Waals surface area contributed by atoms with Crippen LogP contribution in [0.1, 0.15) is 33.6 Å². The smallest absolute Gasteiger partial charge is 0.410 e. The number of carbonyl (C=O) groups is 5. The van der Waals surface area contributed by atoms with Gasteiger partial charge in [0.2, 0.25) is 11.8 Å². The van der Waals surface area contributed by atoms with E-state index in [2.05, 4.69) is 25.4 Å². The number of halogens is 2. The molecule has 0 atom stereocenters. The number of ether oxygens (including phenoxy) is 3. The molecule has 5 amide bonds. The third kappa shape index (κ3) is 17.6. The summed E-state index contributed by atoms with van der Waals surface area (Å²) in [5.41, 5.74) is 0.689. The van der Waals surface area contributed by atoms with Crippen molar-refractivity contribution in [1.82, 2.24) is 20.9 Å². The number of hydrogen-bond acceptors (Lipinski definition) is 9. The van der Waals surface area contributed by atoms with Crippen LogP contribution in [0.25, 0.3) is 0 Å². The molecule has 3 N–H and O–H groups in total. The van der Waals surface area contributed by atoms with Gasteiger partial charge in [0, 0.05) is 54.6 Å². The molecule has 0 radical (unpaired) electrons. The summed E-state index contributed by atoms with van der Waals surface area (Å²) in [6, 6.07) is 14.0. The topological polar surface area (TPSA) is 159 Å². The number of likely N-dealkylation sites (N-methyl/N-ethyl adjacent to an activating group) is 2. The molecular formula is C33H48Cl2N6O8. The van der Waals surface area contributed by atoms with Crippen LogP contribution in [0.15, 0.2) is 48.5 Å². The fraction of sp³-hybridized carbons (Fsp3) is 0.485. The lowest BCUT2D eigenvalue weighted by atomic mass is 10.2. The van der Waals surface area contributed by atoms with Crippen molar-refractivity contribution >= 4 is 64.7 Å². The maximum atomic E-state index is 12.8. The molecule has 16 heteroatoms. The van der Waals surface area contributed by atoms with Gasteiger partial charge < -0.3 is 44.9 Å². The van der Waals surface area contributed by atoms with E-state index in [0.717, 1.165) is 5.69 Å². The first-order valence-electron chi connectivity index (χ1n) is 15.5. The molecule has 2 aromatic carbocycles. The summed E-state index contributed by atoms with van der Waals surface area (Å²) in [4.78, 5) is 63.6. The molecule has 0 spiro atoms. The van der Waals surface area contributed by atoms with Gasteiger partial charge in [0.05, 0.1) is 20.8 Å². The number of nitrogens with one attached hydrogen (secondary N) is 3. The van der Waals surface area contributed by atoms with Crippen LogP contribution in [0.5, 0.6) is 0 Å². The Bertz CT molecular complexity index is 1370. The zero-order chi connectivity index (χ0) is 37.0. The van der Waals surface area contributed by atoms with Crippen molar-refractivity contribution < 1.29 is 38.2 Å². The molecule has 0 saturated heterocycles. The molecule has 0 bridgehead atoms. The standard InChI is InChI=1S/C19H28ClN3O5.C14H20ClN3O3/c1-19(2,3)28-18(26)22(4)13-16(24)23(11-7-10-21-17(25)27-5)15-9-6-8-14(20)12-15;1-16-10-13(19)18(8-4-7-17-14(20)21-2)12-6-3-5-11(15)9-12/h6,8-9,12H,7,10-11,13H2,1-5H3,(H,21,25);3,5-6,9,16H,4,7-8,10H2,1-2H3,(H,17,20). The predicted octanol–water partition coefficient (Wildman–Crippen LogP) is 4.92. The van der Waals surface area contributed by atoms with E-state index in [4.69, 9.17) is 27.9 Å². The molecule has 0 heterocycles. The van der Waals surface area contributed by atoms with Gasteiger partial charge in [0.1, 0.15) is 12.1 Å². The van der Waals surface area contributed by atoms with Crippen molar-refractivity contribution in [3.8, 4) is 0 Å². The summed E-state index contributed by atoms with van der Waals surface area (Å²) in [5, 5.41) is 9.04. The van der Waals surface area contributed by atoms with E-state index in [9.17, 15) is 24.0 Å². The van der Waals surface area contributed by atoms with Crippen molar-refractivity contribution in [3.63, 3.8) is 0 Å². The Morgan fingerprint density at radius 2 is 1.20 bits per heavy atom. The molecule has 0 aliphatic carbocycles. The first kappa shape index (κ1) is 42.8. The second kappa shape index (κ2) is 22.4. The van der Waals surface area contributed by atoms with Gasteiger partial charge in [-0.25, -0.2) is 14.4 Å². The molecule has 0 saturated carbocycles. The molecule has 0 aliphatic heterocycles. The number of carbonyl (C=O) groups excluding carboxylic acids is 5. The fourth-order valence-corrected chi connectivity index (χ4v) is 4.39. The van der Waals surface area contributed by atoms with Crippen LogP contribution >= 0.6 is 23.2 Å². The lowest BCUT2D eigenvalue weighted by Gasteiger charge is -2.28. The number of methoxy groups -OCH3 is 2. The number of anilines is 2. The summed E-state index contributed by atoms with van der Waals surface area (Å²) >= 11 is 12.0. The first-order valence-corrected chi connectivity index (χ1v) is 16.2. The number of hydrogen-bond donors (Lipinski definition) is 3.